The molecule has 15 heavy (non-hydrogen) atoms. The predicted octanol–water partition coefficient (Wildman–Crippen LogP) is 2.97. The summed E-state index contributed by atoms with van der Waals surface area (Å²) in [6.07, 6.45) is 3.30. The van der Waals surface area contributed by atoms with Crippen molar-refractivity contribution < 1.29 is 4.74 Å². The molecule has 0 bridgehead atoms. The zero-order valence-electron chi connectivity index (χ0n) is 11.0. The minimum atomic E-state index is 0.0459. The summed E-state index contributed by atoms with van der Waals surface area (Å²) in [6.45, 7) is 13.3. The van der Waals surface area contributed by atoms with Gasteiger partial charge >= 0.3 is 0 Å². The summed E-state index contributed by atoms with van der Waals surface area (Å²) in [5.74, 6) is 0.577. The molecule has 0 aliphatic carbocycles. The number of hydrogen-bond donors (Lipinski definition) is 1. The van der Waals surface area contributed by atoms with Crippen molar-refractivity contribution >= 4 is 0 Å². The highest BCUT2D eigenvalue weighted by Crippen LogP contribution is 2.36. The second kappa shape index (κ2) is 4.84. The first-order valence-corrected chi connectivity index (χ1v) is 6.45. The topological polar surface area (TPSA) is 21.3 Å². The standard InChI is InChI=1S/C13H27NO/c1-6-12(7-2)9-14-10-13(8-3,15-12)11(4)5/h11,14H,6-10H2,1-5H3. The van der Waals surface area contributed by atoms with Crippen LogP contribution in [0.3, 0.4) is 0 Å². The van der Waals surface area contributed by atoms with Crippen LogP contribution in [0.1, 0.15) is 53.9 Å². The lowest BCUT2D eigenvalue weighted by atomic mass is 9.82. The zero-order chi connectivity index (χ0) is 11.5. The fraction of sp³-hybridized carbons (Fsp3) is 1.00. The summed E-state index contributed by atoms with van der Waals surface area (Å²) in [4.78, 5) is 0. The van der Waals surface area contributed by atoms with Gasteiger partial charge in [-0.3, -0.25) is 0 Å². The van der Waals surface area contributed by atoms with Gasteiger partial charge in [-0.05, 0) is 25.2 Å². The highest BCUT2D eigenvalue weighted by Gasteiger charge is 2.44. The van der Waals surface area contributed by atoms with Crippen LogP contribution in [0, 0.1) is 5.92 Å². The van der Waals surface area contributed by atoms with E-state index in [0.29, 0.717) is 5.92 Å². The van der Waals surface area contributed by atoms with E-state index in [2.05, 4.69) is 39.9 Å². The molecule has 0 aromatic rings. The van der Waals surface area contributed by atoms with Gasteiger partial charge in [0.15, 0.2) is 0 Å². The predicted molar refractivity (Wildman–Crippen MR) is 65.1 cm³/mol. The highest BCUT2D eigenvalue weighted by atomic mass is 16.5. The largest absolute Gasteiger partial charge is 0.366 e. The zero-order valence-corrected chi connectivity index (χ0v) is 11.0. The lowest BCUT2D eigenvalue weighted by Gasteiger charge is -2.50. The maximum absolute atomic E-state index is 6.51. The summed E-state index contributed by atoms with van der Waals surface area (Å²) in [5, 5.41) is 3.58. The van der Waals surface area contributed by atoms with Crippen LogP contribution in [0.4, 0.5) is 0 Å². The molecule has 1 heterocycles. The van der Waals surface area contributed by atoms with Gasteiger partial charge in [0.1, 0.15) is 0 Å². The molecule has 0 amide bonds. The Labute approximate surface area is 94.8 Å². The van der Waals surface area contributed by atoms with Crippen LogP contribution in [0.15, 0.2) is 0 Å². The molecular weight excluding hydrogens is 186 g/mol. The molecule has 2 nitrogen and oxygen atoms in total. The van der Waals surface area contributed by atoms with E-state index in [0.717, 1.165) is 32.4 Å². The third kappa shape index (κ3) is 2.36. The molecule has 90 valence electrons. The van der Waals surface area contributed by atoms with Crippen molar-refractivity contribution in [1.82, 2.24) is 5.32 Å². The maximum atomic E-state index is 6.51. The number of nitrogens with one attached hydrogen (secondary N) is 1. The van der Waals surface area contributed by atoms with E-state index in [9.17, 15) is 0 Å². The molecule has 1 aliphatic heterocycles. The molecule has 1 atom stereocenters. The van der Waals surface area contributed by atoms with E-state index < -0.39 is 0 Å². The van der Waals surface area contributed by atoms with Crippen molar-refractivity contribution in [1.29, 1.82) is 0 Å². The highest BCUT2D eigenvalue weighted by molar-refractivity contribution is 4.96. The van der Waals surface area contributed by atoms with Crippen LogP contribution >= 0.6 is 0 Å². The van der Waals surface area contributed by atoms with Gasteiger partial charge in [-0.25, -0.2) is 0 Å². The van der Waals surface area contributed by atoms with Crippen LogP contribution in [0.5, 0.6) is 0 Å². The molecule has 1 fully saturated rings. The summed E-state index contributed by atoms with van der Waals surface area (Å²) in [5.41, 5.74) is 0.114. The molecule has 1 rings (SSSR count). The fourth-order valence-electron chi connectivity index (χ4n) is 2.58. The third-order valence-corrected chi connectivity index (χ3v) is 4.23. The third-order valence-electron chi connectivity index (χ3n) is 4.23. The second-order valence-corrected chi connectivity index (χ2v) is 5.17. The summed E-state index contributed by atoms with van der Waals surface area (Å²) in [7, 11) is 0. The molecule has 1 aliphatic rings. The van der Waals surface area contributed by atoms with Crippen LogP contribution in [-0.2, 0) is 4.74 Å². The van der Waals surface area contributed by atoms with Crippen LogP contribution in [-0.4, -0.2) is 24.3 Å². The molecule has 1 unspecified atom stereocenters. The summed E-state index contributed by atoms with van der Waals surface area (Å²) < 4.78 is 6.51. The number of ether oxygens (including phenoxy) is 1. The second-order valence-electron chi connectivity index (χ2n) is 5.17. The first kappa shape index (κ1) is 13.0. The van der Waals surface area contributed by atoms with Gasteiger partial charge in [0, 0.05) is 13.1 Å². The lowest BCUT2D eigenvalue weighted by molar-refractivity contribution is -0.201. The maximum Gasteiger partial charge on any atom is 0.0834 e. The molecule has 0 saturated carbocycles. The van der Waals surface area contributed by atoms with Crippen molar-refractivity contribution in [3.63, 3.8) is 0 Å². The Kier molecular flexibility index (Phi) is 4.19. The molecule has 0 aromatic carbocycles. The molecule has 0 aromatic heterocycles. The SMILES string of the molecule is CCC1(CC)CNCC(CC)(C(C)C)O1. The molecular formula is C13H27NO. The van der Waals surface area contributed by atoms with Crippen LogP contribution < -0.4 is 5.32 Å². The Morgan fingerprint density at radius 3 is 2.07 bits per heavy atom. The minimum Gasteiger partial charge on any atom is -0.366 e. The Morgan fingerprint density at radius 2 is 1.67 bits per heavy atom. The van der Waals surface area contributed by atoms with Gasteiger partial charge in [-0.1, -0.05) is 34.6 Å². The van der Waals surface area contributed by atoms with Crippen LogP contribution in [0.25, 0.3) is 0 Å². The Balaban J connectivity index is 2.85. The smallest absolute Gasteiger partial charge is 0.0834 e. The molecule has 0 radical (unpaired) electrons. The van der Waals surface area contributed by atoms with E-state index >= 15 is 0 Å². The van der Waals surface area contributed by atoms with Gasteiger partial charge in [-0.15, -0.1) is 0 Å². The van der Waals surface area contributed by atoms with E-state index in [4.69, 9.17) is 4.74 Å². The first-order chi connectivity index (χ1) is 7.04. The average molecular weight is 213 g/mol. The van der Waals surface area contributed by atoms with Gasteiger partial charge in [0.2, 0.25) is 0 Å². The summed E-state index contributed by atoms with van der Waals surface area (Å²) >= 11 is 0. The van der Waals surface area contributed by atoms with E-state index in [1.54, 1.807) is 0 Å². The first-order valence-electron chi connectivity index (χ1n) is 6.45. The average Bonchev–Trinajstić information content (AvgIpc) is 2.28. The fourth-order valence-corrected chi connectivity index (χ4v) is 2.58. The quantitative estimate of drug-likeness (QED) is 0.775. The van der Waals surface area contributed by atoms with E-state index in [1.807, 2.05) is 0 Å². The number of morpholine rings is 1. The van der Waals surface area contributed by atoms with E-state index in [-0.39, 0.29) is 11.2 Å². The van der Waals surface area contributed by atoms with Crippen LogP contribution in [0.2, 0.25) is 0 Å². The van der Waals surface area contributed by atoms with Gasteiger partial charge in [0.25, 0.3) is 0 Å². The molecule has 1 saturated heterocycles. The Bertz CT molecular complexity index is 199. The molecule has 0 spiro atoms. The van der Waals surface area contributed by atoms with Crippen molar-refractivity contribution in [2.45, 2.75) is 65.1 Å². The van der Waals surface area contributed by atoms with E-state index in [1.165, 1.54) is 0 Å². The van der Waals surface area contributed by atoms with Gasteiger partial charge in [-0.2, -0.15) is 0 Å². The van der Waals surface area contributed by atoms with Crippen molar-refractivity contribution in [2.24, 2.45) is 5.92 Å². The monoisotopic (exact) mass is 213 g/mol. The van der Waals surface area contributed by atoms with Crippen molar-refractivity contribution in [3.8, 4) is 0 Å². The molecule has 2 heteroatoms. The molecule has 1 N–H and O–H groups in total. The number of rotatable bonds is 4. The normalized spacial score (nSPS) is 30.8. The van der Waals surface area contributed by atoms with Crippen molar-refractivity contribution in [2.75, 3.05) is 13.1 Å². The minimum absolute atomic E-state index is 0.0459. The summed E-state index contributed by atoms with van der Waals surface area (Å²) in [6, 6.07) is 0. The van der Waals surface area contributed by atoms with Gasteiger partial charge < -0.3 is 10.1 Å². The van der Waals surface area contributed by atoms with Crippen molar-refractivity contribution in [3.05, 3.63) is 0 Å². The lowest BCUT2D eigenvalue weighted by Crippen LogP contribution is -2.61. The number of hydrogen-bond acceptors (Lipinski definition) is 2. The van der Waals surface area contributed by atoms with Gasteiger partial charge in [0.05, 0.1) is 11.2 Å². The Hall–Kier alpha value is -0.0800. The Morgan fingerprint density at radius 1 is 1.07 bits per heavy atom.